The molecule has 16 heavy (non-hydrogen) atoms. The highest BCUT2D eigenvalue weighted by Gasteiger charge is 2.23. The van der Waals surface area contributed by atoms with Gasteiger partial charge in [0.2, 0.25) is 0 Å². The van der Waals surface area contributed by atoms with E-state index in [1.54, 1.807) is 0 Å². The van der Waals surface area contributed by atoms with E-state index in [0.29, 0.717) is 6.04 Å². The molecule has 0 aliphatic carbocycles. The molecule has 0 amide bonds. The quantitative estimate of drug-likeness (QED) is 0.832. The Balaban J connectivity index is 1.82. The molecule has 1 saturated heterocycles. The van der Waals surface area contributed by atoms with Crippen molar-refractivity contribution < 1.29 is 0 Å². The first-order valence-electron chi connectivity index (χ1n) is 6.21. The Morgan fingerprint density at radius 3 is 2.69 bits per heavy atom. The summed E-state index contributed by atoms with van der Waals surface area (Å²) >= 11 is 0. The number of nitrogens with one attached hydrogen (secondary N) is 1. The number of rotatable bonds is 4. The third-order valence-electron chi connectivity index (χ3n) is 3.50. The maximum absolute atomic E-state index is 3.58. The lowest BCUT2D eigenvalue weighted by Crippen LogP contribution is -2.37. The van der Waals surface area contributed by atoms with Crippen LogP contribution in [0.4, 0.5) is 0 Å². The van der Waals surface area contributed by atoms with Gasteiger partial charge in [0.1, 0.15) is 0 Å². The second-order valence-electron chi connectivity index (χ2n) is 5.01. The molecule has 2 rings (SSSR count). The molecule has 1 aromatic rings. The first kappa shape index (κ1) is 11.6. The lowest BCUT2D eigenvalue weighted by atomic mass is 10.0. The zero-order valence-corrected chi connectivity index (χ0v) is 10.3. The lowest BCUT2D eigenvalue weighted by Gasteiger charge is -2.23. The van der Waals surface area contributed by atoms with Crippen LogP contribution in [0.3, 0.4) is 0 Å². The molecular formula is C14H22N2. The maximum Gasteiger partial charge on any atom is 0.0231 e. The highest BCUT2D eigenvalue weighted by atomic mass is 15.1. The number of hydrogen-bond acceptors (Lipinski definition) is 2. The Hall–Kier alpha value is -0.860. The minimum Gasteiger partial charge on any atom is -0.312 e. The van der Waals surface area contributed by atoms with Gasteiger partial charge in [0.15, 0.2) is 0 Å². The van der Waals surface area contributed by atoms with Gasteiger partial charge in [-0.3, -0.25) is 0 Å². The molecule has 88 valence electrons. The van der Waals surface area contributed by atoms with E-state index in [-0.39, 0.29) is 0 Å². The van der Waals surface area contributed by atoms with Crippen molar-refractivity contribution >= 4 is 0 Å². The molecular weight excluding hydrogens is 196 g/mol. The molecule has 0 aromatic heterocycles. The molecule has 2 atom stereocenters. The Morgan fingerprint density at radius 1 is 1.31 bits per heavy atom. The van der Waals surface area contributed by atoms with Crippen LogP contribution < -0.4 is 5.32 Å². The molecule has 2 unspecified atom stereocenters. The molecule has 0 bridgehead atoms. The van der Waals surface area contributed by atoms with E-state index in [1.807, 2.05) is 0 Å². The van der Waals surface area contributed by atoms with Crippen LogP contribution in [0.1, 0.15) is 18.9 Å². The first-order chi connectivity index (χ1) is 7.75. The molecule has 1 heterocycles. The molecule has 0 saturated carbocycles. The van der Waals surface area contributed by atoms with E-state index >= 15 is 0 Å². The van der Waals surface area contributed by atoms with Gasteiger partial charge in [-0.1, -0.05) is 37.3 Å². The highest BCUT2D eigenvalue weighted by Crippen LogP contribution is 2.15. The predicted molar refractivity (Wildman–Crippen MR) is 68.3 cm³/mol. The predicted octanol–water partition coefficient (Wildman–Crippen LogP) is 2.12. The van der Waals surface area contributed by atoms with Crippen LogP contribution in [0.2, 0.25) is 0 Å². The largest absolute Gasteiger partial charge is 0.312 e. The van der Waals surface area contributed by atoms with E-state index in [1.165, 1.54) is 18.5 Å². The van der Waals surface area contributed by atoms with Crippen LogP contribution in [-0.4, -0.2) is 31.1 Å². The summed E-state index contributed by atoms with van der Waals surface area (Å²) in [6, 6.07) is 11.4. The van der Waals surface area contributed by atoms with Gasteiger partial charge in [-0.2, -0.15) is 0 Å². The van der Waals surface area contributed by atoms with Gasteiger partial charge in [-0.05, 0) is 31.5 Å². The Labute approximate surface area is 98.7 Å². The van der Waals surface area contributed by atoms with Crippen LogP contribution in [-0.2, 0) is 6.54 Å². The Morgan fingerprint density at radius 2 is 2.06 bits per heavy atom. The minimum absolute atomic E-state index is 0.675. The highest BCUT2D eigenvalue weighted by molar-refractivity contribution is 5.14. The average Bonchev–Trinajstić information content (AvgIpc) is 2.66. The van der Waals surface area contributed by atoms with Crippen LogP contribution in [0.15, 0.2) is 30.3 Å². The Kier molecular flexibility index (Phi) is 3.97. The van der Waals surface area contributed by atoms with Crippen molar-refractivity contribution in [3.05, 3.63) is 35.9 Å². The van der Waals surface area contributed by atoms with E-state index in [4.69, 9.17) is 0 Å². The summed E-state index contributed by atoms with van der Waals surface area (Å²) in [6.45, 7) is 5.73. The maximum atomic E-state index is 3.58. The SMILES string of the molecule is CC1CCNC1CN(C)Cc1ccccc1. The monoisotopic (exact) mass is 218 g/mol. The van der Waals surface area contributed by atoms with Crippen molar-refractivity contribution in [3.63, 3.8) is 0 Å². The van der Waals surface area contributed by atoms with Gasteiger partial charge < -0.3 is 10.2 Å². The van der Waals surface area contributed by atoms with E-state index in [0.717, 1.165) is 19.0 Å². The summed E-state index contributed by atoms with van der Waals surface area (Å²) in [4.78, 5) is 2.41. The fourth-order valence-corrected chi connectivity index (χ4v) is 2.44. The molecule has 1 N–H and O–H groups in total. The van der Waals surface area contributed by atoms with Crippen LogP contribution >= 0.6 is 0 Å². The molecule has 2 nitrogen and oxygen atoms in total. The van der Waals surface area contributed by atoms with Crippen molar-refractivity contribution in [3.8, 4) is 0 Å². The molecule has 0 radical (unpaired) electrons. The minimum atomic E-state index is 0.675. The zero-order chi connectivity index (χ0) is 11.4. The number of likely N-dealkylation sites (N-methyl/N-ethyl adjacent to an activating group) is 1. The lowest BCUT2D eigenvalue weighted by molar-refractivity contribution is 0.271. The van der Waals surface area contributed by atoms with Crippen molar-refractivity contribution in [1.82, 2.24) is 10.2 Å². The Bertz CT molecular complexity index is 310. The van der Waals surface area contributed by atoms with Crippen molar-refractivity contribution in [2.75, 3.05) is 20.1 Å². The molecule has 2 heteroatoms. The number of nitrogens with zero attached hydrogens (tertiary/aromatic N) is 1. The van der Waals surface area contributed by atoms with Crippen LogP contribution in [0.5, 0.6) is 0 Å². The smallest absolute Gasteiger partial charge is 0.0231 e. The molecule has 0 spiro atoms. The van der Waals surface area contributed by atoms with Crippen molar-refractivity contribution in [1.29, 1.82) is 0 Å². The molecule has 1 aliphatic heterocycles. The van der Waals surface area contributed by atoms with E-state index in [9.17, 15) is 0 Å². The van der Waals surface area contributed by atoms with Crippen molar-refractivity contribution in [2.24, 2.45) is 5.92 Å². The zero-order valence-electron chi connectivity index (χ0n) is 10.3. The standard InChI is InChI=1S/C14H22N2/c1-12-8-9-15-14(12)11-16(2)10-13-6-4-3-5-7-13/h3-7,12,14-15H,8-11H2,1-2H3. The summed E-state index contributed by atoms with van der Waals surface area (Å²) in [6.07, 6.45) is 1.32. The second kappa shape index (κ2) is 5.46. The van der Waals surface area contributed by atoms with Gasteiger partial charge in [0, 0.05) is 19.1 Å². The topological polar surface area (TPSA) is 15.3 Å². The number of benzene rings is 1. The summed E-state index contributed by atoms with van der Waals surface area (Å²) in [5, 5.41) is 3.58. The summed E-state index contributed by atoms with van der Waals surface area (Å²) in [7, 11) is 2.21. The second-order valence-corrected chi connectivity index (χ2v) is 5.01. The third-order valence-corrected chi connectivity index (χ3v) is 3.50. The normalized spacial score (nSPS) is 25.2. The number of hydrogen-bond donors (Lipinski definition) is 1. The van der Waals surface area contributed by atoms with Gasteiger partial charge in [0.05, 0.1) is 0 Å². The van der Waals surface area contributed by atoms with Gasteiger partial charge in [-0.25, -0.2) is 0 Å². The van der Waals surface area contributed by atoms with E-state index in [2.05, 4.69) is 54.5 Å². The molecule has 1 aromatic carbocycles. The van der Waals surface area contributed by atoms with Crippen LogP contribution in [0, 0.1) is 5.92 Å². The van der Waals surface area contributed by atoms with E-state index < -0.39 is 0 Å². The fraction of sp³-hybridized carbons (Fsp3) is 0.571. The third kappa shape index (κ3) is 3.06. The van der Waals surface area contributed by atoms with Gasteiger partial charge >= 0.3 is 0 Å². The average molecular weight is 218 g/mol. The summed E-state index contributed by atoms with van der Waals surface area (Å²) in [5.41, 5.74) is 1.40. The first-order valence-corrected chi connectivity index (χ1v) is 6.21. The van der Waals surface area contributed by atoms with Crippen molar-refractivity contribution in [2.45, 2.75) is 25.9 Å². The molecule has 1 aliphatic rings. The molecule has 1 fully saturated rings. The van der Waals surface area contributed by atoms with Gasteiger partial charge in [0.25, 0.3) is 0 Å². The van der Waals surface area contributed by atoms with Gasteiger partial charge in [-0.15, -0.1) is 0 Å². The summed E-state index contributed by atoms with van der Waals surface area (Å²) in [5.74, 6) is 0.818. The van der Waals surface area contributed by atoms with Crippen LogP contribution in [0.25, 0.3) is 0 Å². The fourth-order valence-electron chi connectivity index (χ4n) is 2.44. The summed E-state index contributed by atoms with van der Waals surface area (Å²) < 4.78 is 0.